The molecule has 0 saturated heterocycles. The number of imide groups is 1. The van der Waals surface area contributed by atoms with Crippen molar-refractivity contribution in [3.05, 3.63) is 59.2 Å². The minimum atomic E-state index is -0.381. The van der Waals surface area contributed by atoms with Crippen LogP contribution in [0.15, 0.2) is 42.5 Å². The second kappa shape index (κ2) is 10.8. The van der Waals surface area contributed by atoms with Crippen LogP contribution >= 0.6 is 0 Å². The molecule has 0 atom stereocenters. The lowest BCUT2D eigenvalue weighted by Crippen LogP contribution is -2.38. The van der Waals surface area contributed by atoms with Crippen molar-refractivity contribution >= 4 is 29.3 Å². The number of fused-ring (bicyclic) bond motifs is 1. The van der Waals surface area contributed by atoms with E-state index in [1.54, 1.807) is 24.3 Å². The maximum absolute atomic E-state index is 13.2. The third-order valence-corrected chi connectivity index (χ3v) is 5.45. The minimum absolute atomic E-state index is 0.155. The Hall–Kier alpha value is -3.68. The summed E-state index contributed by atoms with van der Waals surface area (Å²) in [7, 11) is 1.52. The number of para-hydroxylation sites is 2. The van der Waals surface area contributed by atoms with Gasteiger partial charge in [-0.15, -0.1) is 0 Å². The number of nitrogens with zero attached hydrogens (tertiary/aromatic N) is 2. The Morgan fingerprint density at radius 1 is 1.00 bits per heavy atom. The first-order valence-corrected chi connectivity index (χ1v) is 11.1. The van der Waals surface area contributed by atoms with Crippen LogP contribution < -0.4 is 10.1 Å². The number of anilines is 1. The number of benzene rings is 2. The second-order valence-electron chi connectivity index (χ2n) is 7.85. The highest BCUT2D eigenvalue weighted by Crippen LogP contribution is 2.26. The number of carbonyl (C=O) groups excluding carboxylic acids is 4. The van der Waals surface area contributed by atoms with Gasteiger partial charge in [-0.2, -0.15) is 0 Å². The van der Waals surface area contributed by atoms with Gasteiger partial charge in [-0.05, 0) is 43.2 Å². The zero-order valence-corrected chi connectivity index (χ0v) is 19.2. The van der Waals surface area contributed by atoms with E-state index in [1.807, 2.05) is 13.8 Å². The highest BCUT2D eigenvalue weighted by molar-refractivity contribution is 6.22. The van der Waals surface area contributed by atoms with Crippen LogP contribution in [0.25, 0.3) is 0 Å². The molecule has 1 aliphatic rings. The van der Waals surface area contributed by atoms with Crippen LogP contribution in [0.3, 0.4) is 0 Å². The van der Waals surface area contributed by atoms with E-state index < -0.39 is 0 Å². The lowest BCUT2D eigenvalue weighted by Gasteiger charge is -2.22. The molecule has 0 unspecified atom stereocenters. The Labute approximate surface area is 193 Å². The largest absolute Gasteiger partial charge is 0.495 e. The lowest BCUT2D eigenvalue weighted by molar-refractivity contribution is -0.116. The Bertz CT molecular complexity index is 1070. The molecular weight excluding hydrogens is 422 g/mol. The van der Waals surface area contributed by atoms with Gasteiger partial charge in [0.2, 0.25) is 5.91 Å². The quantitative estimate of drug-likeness (QED) is 0.557. The van der Waals surface area contributed by atoms with Crippen molar-refractivity contribution in [2.24, 2.45) is 0 Å². The predicted molar refractivity (Wildman–Crippen MR) is 125 cm³/mol. The molecule has 174 valence electrons. The number of nitrogens with one attached hydrogen (secondary N) is 1. The van der Waals surface area contributed by atoms with Crippen LogP contribution in [0.4, 0.5) is 5.69 Å². The molecule has 33 heavy (non-hydrogen) atoms. The number of methoxy groups -OCH3 is 1. The van der Waals surface area contributed by atoms with Crippen molar-refractivity contribution in [1.82, 2.24) is 9.80 Å². The molecule has 8 heteroatoms. The van der Waals surface area contributed by atoms with E-state index in [0.717, 1.165) is 12.8 Å². The van der Waals surface area contributed by atoms with E-state index in [4.69, 9.17) is 4.74 Å². The Balaban J connectivity index is 1.77. The van der Waals surface area contributed by atoms with Crippen molar-refractivity contribution in [2.45, 2.75) is 33.1 Å². The number of rotatable bonds is 10. The van der Waals surface area contributed by atoms with E-state index >= 15 is 0 Å². The molecule has 1 aliphatic heterocycles. The van der Waals surface area contributed by atoms with Gasteiger partial charge >= 0.3 is 0 Å². The molecule has 2 aromatic carbocycles. The van der Waals surface area contributed by atoms with Gasteiger partial charge in [-0.3, -0.25) is 24.1 Å². The zero-order valence-electron chi connectivity index (χ0n) is 19.2. The van der Waals surface area contributed by atoms with E-state index in [1.165, 1.54) is 35.1 Å². The summed E-state index contributed by atoms with van der Waals surface area (Å²) >= 11 is 0. The summed E-state index contributed by atoms with van der Waals surface area (Å²) in [6.07, 6.45) is 2.24. The van der Waals surface area contributed by atoms with Crippen molar-refractivity contribution < 1.29 is 23.9 Å². The Kier molecular flexibility index (Phi) is 7.82. The molecule has 0 fully saturated rings. The summed E-state index contributed by atoms with van der Waals surface area (Å²) in [6.45, 7) is 4.47. The average Bonchev–Trinajstić information content (AvgIpc) is 3.06. The zero-order chi connectivity index (χ0) is 24.0. The molecule has 8 nitrogen and oxygen atoms in total. The molecule has 2 aromatic rings. The van der Waals surface area contributed by atoms with Gasteiger partial charge in [0.1, 0.15) is 12.3 Å². The first-order chi connectivity index (χ1) is 15.9. The standard InChI is InChI=1S/C25H29N3O5/c1-4-6-14-28-24(31)18-12-11-17(15-19(18)25(28)32)23(30)27(13-5-2)16-22(29)26-20-9-7-8-10-21(20)33-3/h7-12,15H,4-6,13-14,16H2,1-3H3,(H,26,29). The summed E-state index contributed by atoms with van der Waals surface area (Å²) in [6, 6.07) is 11.5. The van der Waals surface area contributed by atoms with E-state index in [-0.39, 0.29) is 41.3 Å². The fourth-order valence-electron chi connectivity index (χ4n) is 3.76. The SMILES string of the molecule is CCCCN1C(=O)c2ccc(C(=O)N(CCC)CC(=O)Nc3ccccc3OC)cc2C1=O. The fraction of sp³-hybridized carbons (Fsp3) is 0.360. The molecule has 0 bridgehead atoms. The van der Waals surface area contributed by atoms with Crippen molar-refractivity contribution in [3.63, 3.8) is 0 Å². The summed E-state index contributed by atoms with van der Waals surface area (Å²) in [4.78, 5) is 53.8. The maximum atomic E-state index is 13.2. The number of carbonyl (C=O) groups is 4. The van der Waals surface area contributed by atoms with E-state index in [2.05, 4.69) is 5.32 Å². The molecule has 0 spiro atoms. The molecule has 3 rings (SSSR count). The van der Waals surface area contributed by atoms with Crippen LogP contribution in [0.1, 0.15) is 64.2 Å². The van der Waals surface area contributed by atoms with Gasteiger partial charge in [0, 0.05) is 18.7 Å². The van der Waals surface area contributed by atoms with Gasteiger partial charge in [0.25, 0.3) is 17.7 Å². The smallest absolute Gasteiger partial charge is 0.261 e. The molecule has 0 radical (unpaired) electrons. The molecular formula is C25H29N3O5. The molecule has 0 aromatic heterocycles. The van der Waals surface area contributed by atoms with Crippen LogP contribution in [0, 0.1) is 0 Å². The number of ether oxygens (including phenoxy) is 1. The number of hydrogen-bond donors (Lipinski definition) is 1. The van der Waals surface area contributed by atoms with Gasteiger partial charge in [0.15, 0.2) is 0 Å². The van der Waals surface area contributed by atoms with Crippen molar-refractivity contribution in [3.8, 4) is 5.75 Å². The van der Waals surface area contributed by atoms with Gasteiger partial charge in [-0.25, -0.2) is 0 Å². The number of amides is 4. The Morgan fingerprint density at radius 2 is 1.73 bits per heavy atom. The highest BCUT2D eigenvalue weighted by Gasteiger charge is 2.35. The fourth-order valence-corrected chi connectivity index (χ4v) is 3.76. The van der Waals surface area contributed by atoms with Crippen LogP contribution in [0.2, 0.25) is 0 Å². The maximum Gasteiger partial charge on any atom is 0.261 e. The molecule has 1 heterocycles. The topological polar surface area (TPSA) is 96.0 Å². The third kappa shape index (κ3) is 5.22. The monoisotopic (exact) mass is 451 g/mol. The number of hydrogen-bond acceptors (Lipinski definition) is 5. The van der Waals surface area contributed by atoms with Gasteiger partial charge in [0.05, 0.1) is 23.9 Å². The molecule has 1 N–H and O–H groups in total. The average molecular weight is 452 g/mol. The van der Waals surface area contributed by atoms with Crippen LogP contribution in [0.5, 0.6) is 5.75 Å². The normalized spacial score (nSPS) is 12.5. The summed E-state index contributed by atoms with van der Waals surface area (Å²) < 4.78 is 5.25. The molecule has 4 amide bonds. The molecule has 0 saturated carbocycles. The van der Waals surface area contributed by atoms with Gasteiger partial charge in [-0.1, -0.05) is 32.4 Å². The van der Waals surface area contributed by atoms with Crippen molar-refractivity contribution in [1.29, 1.82) is 0 Å². The third-order valence-electron chi connectivity index (χ3n) is 5.45. The van der Waals surface area contributed by atoms with E-state index in [0.29, 0.717) is 36.5 Å². The summed E-state index contributed by atoms with van der Waals surface area (Å²) in [5.41, 5.74) is 1.33. The van der Waals surface area contributed by atoms with Gasteiger partial charge < -0.3 is 15.0 Å². The summed E-state index contributed by atoms with van der Waals surface area (Å²) in [5, 5.41) is 2.77. The van der Waals surface area contributed by atoms with E-state index in [9.17, 15) is 19.2 Å². The van der Waals surface area contributed by atoms with Crippen LogP contribution in [-0.4, -0.2) is 60.2 Å². The first-order valence-electron chi connectivity index (χ1n) is 11.1. The van der Waals surface area contributed by atoms with Crippen LogP contribution in [-0.2, 0) is 4.79 Å². The predicted octanol–water partition coefficient (Wildman–Crippen LogP) is 3.58. The first kappa shape index (κ1) is 24.0. The Morgan fingerprint density at radius 3 is 2.42 bits per heavy atom. The van der Waals surface area contributed by atoms with Crippen molar-refractivity contribution in [2.75, 3.05) is 32.1 Å². The lowest BCUT2D eigenvalue weighted by atomic mass is 10.0. The molecule has 0 aliphatic carbocycles. The highest BCUT2D eigenvalue weighted by atomic mass is 16.5. The number of unbranched alkanes of at least 4 members (excludes halogenated alkanes) is 1. The summed E-state index contributed by atoms with van der Waals surface area (Å²) in [5.74, 6) is -0.923. The minimum Gasteiger partial charge on any atom is -0.495 e. The second-order valence-corrected chi connectivity index (χ2v) is 7.85.